The summed E-state index contributed by atoms with van der Waals surface area (Å²) in [5, 5.41) is 4.45. The van der Waals surface area contributed by atoms with Gasteiger partial charge >= 0.3 is 12.4 Å². The van der Waals surface area contributed by atoms with Crippen LogP contribution in [0.4, 0.5) is 30.7 Å². The van der Waals surface area contributed by atoms with Crippen molar-refractivity contribution in [3.8, 4) is 0 Å². The molecule has 2 aliphatic rings. The number of carbonyl (C=O) groups excluding carboxylic acids is 1. The van der Waals surface area contributed by atoms with E-state index in [0.29, 0.717) is 30.7 Å². The molecule has 240 valence electrons. The van der Waals surface area contributed by atoms with Gasteiger partial charge in [-0.05, 0) is 65.9 Å². The number of amides is 1. The normalized spacial score (nSPS) is 20.9. The number of alkyl halides is 6. The Morgan fingerprint density at radius 1 is 0.935 bits per heavy atom. The summed E-state index contributed by atoms with van der Waals surface area (Å²) < 4.78 is 103. The van der Waals surface area contributed by atoms with Crippen LogP contribution in [0, 0.1) is 5.82 Å². The highest BCUT2D eigenvalue weighted by Gasteiger charge is 2.48. The summed E-state index contributed by atoms with van der Waals surface area (Å²) in [6.07, 6.45) is -6.64. The van der Waals surface area contributed by atoms with Gasteiger partial charge in [0.05, 0.1) is 36.1 Å². The third-order valence-corrected chi connectivity index (χ3v) is 8.51. The Labute approximate surface area is 259 Å². The van der Waals surface area contributed by atoms with Gasteiger partial charge in [-0.3, -0.25) is 9.48 Å². The lowest BCUT2D eigenvalue weighted by molar-refractivity contribution is -0.143. The largest absolute Gasteiger partial charge is 0.416 e. The van der Waals surface area contributed by atoms with E-state index >= 15 is 0 Å². The van der Waals surface area contributed by atoms with Gasteiger partial charge in [-0.25, -0.2) is 4.39 Å². The second-order valence-electron chi connectivity index (χ2n) is 11.6. The molecule has 0 radical (unpaired) electrons. The van der Waals surface area contributed by atoms with Crippen LogP contribution in [0.15, 0.2) is 91.3 Å². The van der Waals surface area contributed by atoms with Crippen LogP contribution >= 0.6 is 0 Å². The molecular weight excluding hydrogens is 615 g/mol. The molecule has 0 N–H and O–H groups in total. The minimum Gasteiger partial charge on any atom is -0.368 e. The lowest BCUT2D eigenvalue weighted by Gasteiger charge is -2.32. The smallest absolute Gasteiger partial charge is 0.368 e. The Kier molecular flexibility index (Phi) is 8.26. The van der Waals surface area contributed by atoms with E-state index in [1.807, 2.05) is 36.5 Å². The second kappa shape index (κ2) is 12.1. The second-order valence-corrected chi connectivity index (χ2v) is 11.6. The molecular formula is C34H28F7N3O2. The van der Waals surface area contributed by atoms with E-state index < -0.39 is 53.5 Å². The molecule has 0 aliphatic carbocycles. The standard InChI is InChI=1S/C34H28F7N3O2/c1-20(23-11-26(33(36,37)38)15-27(12-23)34(39,40)41)46-30-19-44-29(32(30)22-7-9-28(35)10-8-22)13-24(14-31(44)45)25-16-42-43(18-25)17-21-5-3-2-4-6-21/h2-12,14-16,18,20,29-30,32H,13,17,19H2,1H3/t20-,29?,30+,32?/m1/s1. The van der Waals surface area contributed by atoms with Crippen molar-refractivity contribution in [3.63, 3.8) is 0 Å². The van der Waals surface area contributed by atoms with Gasteiger partial charge in [0.1, 0.15) is 5.82 Å². The first kappa shape index (κ1) is 31.5. The zero-order chi connectivity index (χ0) is 32.8. The number of benzene rings is 3. The van der Waals surface area contributed by atoms with Crippen LogP contribution in [0.2, 0.25) is 0 Å². The average molecular weight is 644 g/mol. The maximum absolute atomic E-state index is 13.9. The van der Waals surface area contributed by atoms with Crippen molar-refractivity contribution in [2.24, 2.45) is 0 Å². The van der Waals surface area contributed by atoms with E-state index in [2.05, 4.69) is 5.10 Å². The van der Waals surface area contributed by atoms with Crippen LogP contribution < -0.4 is 0 Å². The fourth-order valence-corrected chi connectivity index (χ4v) is 6.28. The molecule has 1 amide bonds. The van der Waals surface area contributed by atoms with E-state index in [-0.39, 0.29) is 24.1 Å². The monoisotopic (exact) mass is 643 g/mol. The maximum atomic E-state index is 13.9. The number of carbonyl (C=O) groups is 1. The average Bonchev–Trinajstić information content (AvgIpc) is 3.62. The molecule has 4 atom stereocenters. The summed E-state index contributed by atoms with van der Waals surface area (Å²) in [6, 6.07) is 16.2. The molecule has 3 aromatic carbocycles. The highest BCUT2D eigenvalue weighted by molar-refractivity contribution is 5.97. The molecule has 12 heteroatoms. The Morgan fingerprint density at radius 2 is 1.59 bits per heavy atom. The van der Waals surface area contributed by atoms with Crippen molar-refractivity contribution in [3.05, 3.63) is 130 Å². The molecule has 1 aromatic heterocycles. The number of hydrogen-bond donors (Lipinski definition) is 0. The number of fused-ring (bicyclic) bond motifs is 1. The van der Waals surface area contributed by atoms with Crippen molar-refractivity contribution in [1.29, 1.82) is 0 Å². The van der Waals surface area contributed by atoms with Crippen molar-refractivity contribution >= 4 is 11.5 Å². The molecule has 0 saturated carbocycles. The van der Waals surface area contributed by atoms with E-state index in [9.17, 15) is 35.5 Å². The molecule has 46 heavy (non-hydrogen) atoms. The first-order valence-electron chi connectivity index (χ1n) is 14.5. The van der Waals surface area contributed by atoms with E-state index in [1.54, 1.807) is 27.9 Å². The predicted octanol–water partition coefficient (Wildman–Crippen LogP) is 8.04. The van der Waals surface area contributed by atoms with Gasteiger partial charge < -0.3 is 9.64 Å². The van der Waals surface area contributed by atoms with Crippen LogP contribution in [0.3, 0.4) is 0 Å². The fraction of sp³-hybridized carbons (Fsp3) is 0.294. The number of halogens is 7. The number of aromatic nitrogens is 2. The topological polar surface area (TPSA) is 47.4 Å². The Morgan fingerprint density at radius 3 is 2.22 bits per heavy atom. The highest BCUT2D eigenvalue weighted by Crippen LogP contribution is 2.45. The molecule has 5 nitrogen and oxygen atoms in total. The van der Waals surface area contributed by atoms with Gasteiger partial charge in [0.2, 0.25) is 5.91 Å². The molecule has 1 saturated heterocycles. The molecule has 2 aliphatic heterocycles. The predicted molar refractivity (Wildman–Crippen MR) is 155 cm³/mol. The molecule has 1 fully saturated rings. The van der Waals surface area contributed by atoms with Gasteiger partial charge in [-0.1, -0.05) is 42.5 Å². The summed E-state index contributed by atoms with van der Waals surface area (Å²) in [5.74, 6) is -1.35. The van der Waals surface area contributed by atoms with Crippen molar-refractivity contribution in [1.82, 2.24) is 14.7 Å². The molecule has 0 bridgehead atoms. The minimum absolute atomic E-state index is 0.0397. The van der Waals surface area contributed by atoms with Crippen LogP contribution in [-0.2, 0) is 28.4 Å². The van der Waals surface area contributed by atoms with Crippen molar-refractivity contribution in [2.45, 2.75) is 56.4 Å². The molecule has 3 heterocycles. The Hall–Kier alpha value is -4.45. The summed E-state index contributed by atoms with van der Waals surface area (Å²) in [4.78, 5) is 15.1. The van der Waals surface area contributed by atoms with E-state index in [1.165, 1.54) is 25.1 Å². The zero-order valence-electron chi connectivity index (χ0n) is 24.4. The number of ether oxygens (including phenoxy) is 1. The number of hydrogen-bond acceptors (Lipinski definition) is 3. The van der Waals surface area contributed by atoms with Gasteiger partial charge in [-0.2, -0.15) is 31.4 Å². The molecule has 2 unspecified atom stereocenters. The summed E-state index contributed by atoms with van der Waals surface area (Å²) in [7, 11) is 0. The number of rotatable bonds is 7. The summed E-state index contributed by atoms with van der Waals surface area (Å²) in [6.45, 7) is 1.94. The van der Waals surface area contributed by atoms with Crippen LogP contribution in [0.1, 0.15) is 58.7 Å². The lowest BCUT2D eigenvalue weighted by atomic mass is 9.84. The van der Waals surface area contributed by atoms with E-state index in [4.69, 9.17) is 4.74 Å². The SMILES string of the molecule is C[C@@H](O[C@H]1CN2C(=O)C=C(c3cnn(Cc4ccccc4)c3)CC2C1c1ccc(F)cc1)c1cc(C(F)(F)F)cc(C(F)(F)F)c1. The quantitative estimate of drug-likeness (QED) is 0.192. The molecule has 4 aromatic rings. The Balaban J connectivity index is 1.29. The number of nitrogens with zero attached hydrogens (tertiary/aromatic N) is 3. The highest BCUT2D eigenvalue weighted by atomic mass is 19.4. The van der Waals surface area contributed by atoms with E-state index in [0.717, 1.165) is 16.7 Å². The van der Waals surface area contributed by atoms with Crippen molar-refractivity contribution < 1.29 is 40.3 Å². The molecule has 6 rings (SSSR count). The zero-order valence-corrected chi connectivity index (χ0v) is 24.4. The van der Waals surface area contributed by atoms with Crippen LogP contribution in [0.5, 0.6) is 0 Å². The third-order valence-electron chi connectivity index (χ3n) is 8.51. The van der Waals surface area contributed by atoms with Crippen molar-refractivity contribution in [2.75, 3.05) is 6.54 Å². The Bertz CT molecular complexity index is 1710. The third kappa shape index (κ3) is 6.57. The van der Waals surface area contributed by atoms with Gasteiger partial charge in [0.15, 0.2) is 0 Å². The van der Waals surface area contributed by atoms with Gasteiger partial charge in [0.25, 0.3) is 0 Å². The fourth-order valence-electron chi connectivity index (χ4n) is 6.28. The first-order valence-corrected chi connectivity index (χ1v) is 14.5. The maximum Gasteiger partial charge on any atom is 0.416 e. The van der Waals surface area contributed by atoms with Crippen LogP contribution in [0.25, 0.3) is 5.57 Å². The summed E-state index contributed by atoms with van der Waals surface area (Å²) >= 11 is 0. The van der Waals surface area contributed by atoms with Gasteiger partial charge in [-0.15, -0.1) is 0 Å². The lowest BCUT2D eigenvalue weighted by Crippen LogP contribution is -2.39. The van der Waals surface area contributed by atoms with Crippen LogP contribution in [-0.4, -0.2) is 39.3 Å². The first-order chi connectivity index (χ1) is 21.8. The molecule has 0 spiro atoms. The minimum atomic E-state index is -5.01. The summed E-state index contributed by atoms with van der Waals surface area (Å²) in [5.41, 5.74) is -0.0588. The van der Waals surface area contributed by atoms with Gasteiger partial charge in [0, 0.05) is 36.3 Å².